The van der Waals surface area contributed by atoms with E-state index in [0.29, 0.717) is 24.5 Å². The summed E-state index contributed by atoms with van der Waals surface area (Å²) in [7, 11) is 0. The highest BCUT2D eigenvalue weighted by molar-refractivity contribution is 6.06. The van der Waals surface area contributed by atoms with Crippen molar-refractivity contribution in [2.24, 2.45) is 0 Å². The first-order valence-electron chi connectivity index (χ1n) is 11.5. The smallest absolute Gasteiger partial charge is 0.278 e. The number of nitrogens with zero attached hydrogens (tertiary/aromatic N) is 3. The molecule has 7 nitrogen and oxygen atoms in total. The van der Waals surface area contributed by atoms with E-state index in [-0.39, 0.29) is 17.9 Å². The molecule has 4 aromatic rings. The van der Waals surface area contributed by atoms with Crippen molar-refractivity contribution in [3.8, 4) is 0 Å². The molecule has 0 bridgehead atoms. The summed E-state index contributed by atoms with van der Waals surface area (Å²) in [5.41, 5.74) is 4.90. The van der Waals surface area contributed by atoms with Crippen LogP contribution < -0.4 is 4.90 Å². The fraction of sp³-hybridized carbons (Fsp3) is 0.269. The minimum Gasteiger partial charge on any atom is -0.351 e. The summed E-state index contributed by atoms with van der Waals surface area (Å²) in [6.45, 7) is 1.34. The lowest BCUT2D eigenvalue weighted by Crippen LogP contribution is -2.38. The number of hydrogen-bond donors (Lipinski definition) is 2. The summed E-state index contributed by atoms with van der Waals surface area (Å²) in [6, 6.07) is 19.5. The largest absolute Gasteiger partial charge is 0.351 e. The van der Waals surface area contributed by atoms with Gasteiger partial charge in [-0.2, -0.15) is 5.10 Å². The molecule has 0 radical (unpaired) electrons. The highest BCUT2D eigenvalue weighted by Crippen LogP contribution is 2.33. The molecule has 7 heteroatoms. The van der Waals surface area contributed by atoms with Gasteiger partial charge in [-0.25, -0.2) is 0 Å². The Labute approximate surface area is 191 Å². The van der Waals surface area contributed by atoms with Crippen molar-refractivity contribution in [2.75, 3.05) is 18.0 Å². The van der Waals surface area contributed by atoms with E-state index in [2.05, 4.69) is 21.2 Å². The predicted molar refractivity (Wildman–Crippen MR) is 126 cm³/mol. The van der Waals surface area contributed by atoms with E-state index in [1.165, 1.54) is 5.56 Å². The first kappa shape index (κ1) is 19.8. The van der Waals surface area contributed by atoms with E-state index in [9.17, 15) is 9.59 Å². The van der Waals surface area contributed by atoms with Gasteiger partial charge in [0, 0.05) is 29.7 Å². The lowest BCUT2D eigenvalue weighted by Gasteiger charge is -2.34. The third-order valence-electron chi connectivity index (χ3n) is 6.83. The standard InChI is InChI=1S/C26H25N5O2/c32-25(21-15-18-8-1-3-9-19(18)27-21)30-13-6-5-11-24(30)20-16-22(29-28-20)26(33)31-14-12-17-7-2-4-10-23(17)31/h1-4,7-10,15-16,24,27H,5-6,11-14H2,(H,28,29). The SMILES string of the molecule is O=C(c1cc(C2CCCCN2C(=O)c2cc3ccccc3[nH]2)[nH]n1)N1CCc2ccccc21. The second-order valence-electron chi connectivity index (χ2n) is 8.82. The van der Waals surface area contributed by atoms with Crippen molar-refractivity contribution in [3.05, 3.63) is 83.3 Å². The third kappa shape index (κ3) is 3.40. The van der Waals surface area contributed by atoms with Crippen molar-refractivity contribution >= 4 is 28.4 Å². The summed E-state index contributed by atoms with van der Waals surface area (Å²) < 4.78 is 0. The molecule has 166 valence electrons. The number of para-hydroxylation sites is 2. The van der Waals surface area contributed by atoms with Gasteiger partial charge in [0.05, 0.1) is 11.7 Å². The fourth-order valence-electron chi connectivity index (χ4n) is 5.15. The first-order valence-corrected chi connectivity index (χ1v) is 11.5. The number of carbonyl (C=O) groups is 2. The Hall–Kier alpha value is -3.87. The Morgan fingerprint density at radius 2 is 1.79 bits per heavy atom. The molecule has 2 N–H and O–H groups in total. The molecule has 0 saturated carbocycles. The van der Waals surface area contributed by atoms with Gasteiger partial charge in [-0.15, -0.1) is 0 Å². The number of likely N-dealkylation sites (tertiary alicyclic amines) is 1. The number of rotatable bonds is 3. The number of nitrogens with one attached hydrogen (secondary N) is 2. The van der Waals surface area contributed by atoms with Crippen LogP contribution >= 0.6 is 0 Å². The van der Waals surface area contributed by atoms with Crippen LogP contribution in [0.25, 0.3) is 10.9 Å². The van der Waals surface area contributed by atoms with Crippen molar-refractivity contribution in [2.45, 2.75) is 31.7 Å². The number of amides is 2. The molecule has 2 aliphatic heterocycles. The molecular formula is C26H25N5O2. The van der Waals surface area contributed by atoms with E-state index in [4.69, 9.17) is 0 Å². The summed E-state index contributed by atoms with van der Waals surface area (Å²) in [4.78, 5) is 33.6. The van der Waals surface area contributed by atoms with Gasteiger partial charge in [0.1, 0.15) is 5.69 Å². The Morgan fingerprint density at radius 1 is 0.939 bits per heavy atom. The Bertz CT molecular complexity index is 1320. The summed E-state index contributed by atoms with van der Waals surface area (Å²) in [5.74, 6) is -0.126. The fourth-order valence-corrected chi connectivity index (χ4v) is 5.15. The van der Waals surface area contributed by atoms with Crippen molar-refractivity contribution in [3.63, 3.8) is 0 Å². The Kier molecular flexibility index (Phi) is 4.75. The van der Waals surface area contributed by atoms with Gasteiger partial charge >= 0.3 is 0 Å². The number of H-pyrrole nitrogens is 2. The summed E-state index contributed by atoms with van der Waals surface area (Å²) in [5, 5.41) is 8.44. The molecule has 0 spiro atoms. The number of fused-ring (bicyclic) bond motifs is 2. The van der Waals surface area contributed by atoms with Crippen LogP contribution in [0, 0.1) is 0 Å². The van der Waals surface area contributed by atoms with Crippen LogP contribution in [-0.2, 0) is 6.42 Å². The number of benzene rings is 2. The molecule has 2 aromatic carbocycles. The maximum absolute atomic E-state index is 13.4. The van der Waals surface area contributed by atoms with Crippen LogP contribution in [-0.4, -0.2) is 45.0 Å². The zero-order valence-electron chi connectivity index (χ0n) is 18.3. The molecular weight excluding hydrogens is 414 g/mol. The average molecular weight is 440 g/mol. The molecule has 1 atom stereocenters. The second kappa shape index (κ2) is 7.92. The van der Waals surface area contributed by atoms with Crippen molar-refractivity contribution < 1.29 is 9.59 Å². The van der Waals surface area contributed by atoms with Crippen LogP contribution in [0.3, 0.4) is 0 Å². The van der Waals surface area contributed by atoms with Gasteiger partial charge in [0.2, 0.25) is 0 Å². The van der Waals surface area contributed by atoms with E-state index in [1.807, 2.05) is 59.5 Å². The average Bonchev–Trinajstić information content (AvgIpc) is 3.61. The second-order valence-corrected chi connectivity index (χ2v) is 8.82. The minimum absolute atomic E-state index is 0.0214. The third-order valence-corrected chi connectivity index (χ3v) is 6.83. The van der Waals surface area contributed by atoms with E-state index < -0.39 is 0 Å². The van der Waals surface area contributed by atoms with Crippen LogP contribution in [0.1, 0.15) is 57.5 Å². The van der Waals surface area contributed by atoms with E-state index in [1.54, 1.807) is 4.90 Å². The number of aromatic amines is 2. The van der Waals surface area contributed by atoms with Gasteiger partial charge in [0.25, 0.3) is 11.8 Å². The first-order chi connectivity index (χ1) is 16.2. The van der Waals surface area contributed by atoms with Crippen LogP contribution in [0.2, 0.25) is 0 Å². The molecule has 2 amide bonds. The van der Waals surface area contributed by atoms with Gasteiger partial charge in [0.15, 0.2) is 5.69 Å². The maximum atomic E-state index is 13.4. The number of carbonyl (C=O) groups excluding carboxylic acids is 2. The highest BCUT2D eigenvalue weighted by Gasteiger charge is 2.32. The van der Waals surface area contributed by atoms with Crippen LogP contribution in [0.4, 0.5) is 5.69 Å². The van der Waals surface area contributed by atoms with Crippen LogP contribution in [0.5, 0.6) is 0 Å². The molecule has 1 unspecified atom stereocenters. The molecule has 4 heterocycles. The van der Waals surface area contributed by atoms with Gasteiger partial charge in [-0.05, 0) is 55.5 Å². The van der Waals surface area contributed by atoms with Gasteiger partial charge in [-0.1, -0.05) is 36.4 Å². The lowest BCUT2D eigenvalue weighted by atomic mass is 9.98. The summed E-state index contributed by atoms with van der Waals surface area (Å²) >= 11 is 0. The Morgan fingerprint density at radius 3 is 2.70 bits per heavy atom. The topological polar surface area (TPSA) is 85.1 Å². The van der Waals surface area contributed by atoms with Gasteiger partial charge in [-0.3, -0.25) is 14.7 Å². The zero-order chi connectivity index (χ0) is 22.4. The minimum atomic E-state index is -0.127. The van der Waals surface area contributed by atoms with E-state index >= 15 is 0 Å². The number of anilines is 1. The zero-order valence-corrected chi connectivity index (χ0v) is 18.3. The molecule has 0 aliphatic carbocycles. The predicted octanol–water partition coefficient (Wildman–Crippen LogP) is 4.46. The summed E-state index contributed by atoms with van der Waals surface area (Å²) in [6.07, 6.45) is 3.69. The molecule has 1 saturated heterocycles. The maximum Gasteiger partial charge on any atom is 0.278 e. The Balaban J connectivity index is 1.26. The number of piperidine rings is 1. The quantitative estimate of drug-likeness (QED) is 0.494. The number of hydrogen-bond acceptors (Lipinski definition) is 3. The monoisotopic (exact) mass is 439 g/mol. The highest BCUT2D eigenvalue weighted by atomic mass is 16.2. The molecule has 2 aliphatic rings. The molecule has 1 fully saturated rings. The van der Waals surface area contributed by atoms with Crippen LogP contribution in [0.15, 0.2) is 60.7 Å². The molecule has 33 heavy (non-hydrogen) atoms. The molecule has 6 rings (SSSR count). The lowest BCUT2D eigenvalue weighted by molar-refractivity contribution is 0.0601. The van der Waals surface area contributed by atoms with Gasteiger partial charge < -0.3 is 14.8 Å². The van der Waals surface area contributed by atoms with Crippen molar-refractivity contribution in [1.82, 2.24) is 20.1 Å². The normalized spacial score (nSPS) is 18.0. The number of aromatic nitrogens is 3. The van der Waals surface area contributed by atoms with Crippen molar-refractivity contribution in [1.29, 1.82) is 0 Å². The molecule has 2 aromatic heterocycles. The van der Waals surface area contributed by atoms with E-state index in [0.717, 1.165) is 48.0 Å².